The van der Waals surface area contributed by atoms with Gasteiger partial charge in [0.25, 0.3) is 0 Å². The zero-order valence-corrected chi connectivity index (χ0v) is 14.9. The summed E-state index contributed by atoms with van der Waals surface area (Å²) in [5.74, 6) is 0.257. The van der Waals surface area contributed by atoms with Gasteiger partial charge in [-0.3, -0.25) is 9.59 Å². The van der Waals surface area contributed by atoms with Gasteiger partial charge in [-0.1, -0.05) is 32.1 Å². The lowest BCUT2D eigenvalue weighted by molar-refractivity contribution is -0.116. The van der Waals surface area contributed by atoms with Crippen LogP contribution in [0.3, 0.4) is 0 Å². The molecule has 0 aromatic heterocycles. The van der Waals surface area contributed by atoms with Crippen molar-refractivity contribution in [1.82, 2.24) is 0 Å². The number of benzene rings is 1. The smallest absolute Gasteiger partial charge is 0.248 e. The van der Waals surface area contributed by atoms with E-state index in [4.69, 9.17) is 5.73 Å². The quantitative estimate of drug-likeness (QED) is 0.827. The van der Waals surface area contributed by atoms with Crippen LogP contribution in [0.4, 0.5) is 11.4 Å². The van der Waals surface area contributed by atoms with E-state index in [1.165, 1.54) is 32.1 Å². The molecule has 1 aliphatic carbocycles. The molecule has 5 heteroatoms. The fraction of sp³-hybridized carbons (Fsp3) is 0.600. The average molecular weight is 343 g/mol. The predicted octanol–water partition coefficient (Wildman–Crippen LogP) is 3.68. The number of nitrogens with zero attached hydrogens (tertiary/aromatic N) is 1. The first-order chi connectivity index (χ1) is 12.1. The van der Waals surface area contributed by atoms with Crippen molar-refractivity contribution >= 4 is 23.2 Å². The normalized spacial score (nSPS) is 18.3. The minimum Gasteiger partial charge on any atom is -0.370 e. The van der Waals surface area contributed by atoms with E-state index >= 15 is 0 Å². The van der Waals surface area contributed by atoms with Crippen LogP contribution in [0.1, 0.15) is 68.1 Å². The SMILES string of the molecule is NC(=O)c1ccc(N2CCCC2)c(NC(=O)CCC2CCCCC2)c1. The summed E-state index contributed by atoms with van der Waals surface area (Å²) in [6, 6.07) is 5.37. The van der Waals surface area contributed by atoms with Crippen LogP contribution in [0.15, 0.2) is 18.2 Å². The van der Waals surface area contributed by atoms with E-state index in [0.29, 0.717) is 23.6 Å². The molecule has 1 aliphatic heterocycles. The van der Waals surface area contributed by atoms with Crippen molar-refractivity contribution in [1.29, 1.82) is 0 Å². The van der Waals surface area contributed by atoms with Gasteiger partial charge in [-0.05, 0) is 43.4 Å². The molecule has 2 amide bonds. The Bertz CT molecular complexity index is 617. The largest absolute Gasteiger partial charge is 0.370 e. The van der Waals surface area contributed by atoms with E-state index in [1.807, 2.05) is 6.07 Å². The number of amides is 2. The number of nitrogens with one attached hydrogen (secondary N) is 1. The molecule has 1 saturated heterocycles. The fourth-order valence-electron chi connectivity index (χ4n) is 4.05. The highest BCUT2D eigenvalue weighted by Gasteiger charge is 2.19. The maximum Gasteiger partial charge on any atom is 0.248 e. The second-order valence-electron chi connectivity index (χ2n) is 7.38. The Balaban J connectivity index is 1.66. The highest BCUT2D eigenvalue weighted by molar-refractivity contribution is 5.99. The Labute approximate surface area is 150 Å². The minimum atomic E-state index is -0.467. The molecule has 1 aromatic carbocycles. The van der Waals surface area contributed by atoms with Gasteiger partial charge in [-0.2, -0.15) is 0 Å². The molecule has 1 heterocycles. The molecular formula is C20H29N3O2. The molecule has 5 nitrogen and oxygen atoms in total. The van der Waals surface area contributed by atoms with E-state index in [0.717, 1.165) is 38.0 Å². The van der Waals surface area contributed by atoms with Crippen LogP contribution in [0.25, 0.3) is 0 Å². The second kappa shape index (κ2) is 8.37. The van der Waals surface area contributed by atoms with E-state index in [2.05, 4.69) is 10.2 Å². The average Bonchev–Trinajstić information content (AvgIpc) is 3.15. The van der Waals surface area contributed by atoms with E-state index in [9.17, 15) is 9.59 Å². The van der Waals surface area contributed by atoms with Crippen molar-refractivity contribution in [3.63, 3.8) is 0 Å². The molecule has 2 aliphatic rings. The van der Waals surface area contributed by atoms with Gasteiger partial charge in [0.15, 0.2) is 0 Å². The van der Waals surface area contributed by atoms with Crippen LogP contribution in [0, 0.1) is 5.92 Å². The predicted molar refractivity (Wildman–Crippen MR) is 101 cm³/mol. The van der Waals surface area contributed by atoms with Gasteiger partial charge in [0.2, 0.25) is 11.8 Å². The third kappa shape index (κ3) is 4.74. The van der Waals surface area contributed by atoms with Crippen LogP contribution in [0.2, 0.25) is 0 Å². The summed E-state index contributed by atoms with van der Waals surface area (Å²) >= 11 is 0. The lowest BCUT2D eigenvalue weighted by Gasteiger charge is -2.23. The van der Waals surface area contributed by atoms with Gasteiger partial charge in [-0.25, -0.2) is 0 Å². The van der Waals surface area contributed by atoms with Crippen molar-refractivity contribution in [2.75, 3.05) is 23.3 Å². The first kappa shape index (κ1) is 17.8. The zero-order valence-electron chi connectivity index (χ0n) is 14.9. The Morgan fingerprint density at radius 3 is 2.48 bits per heavy atom. The summed E-state index contributed by atoms with van der Waals surface area (Å²) in [7, 11) is 0. The molecule has 3 N–H and O–H groups in total. The maximum absolute atomic E-state index is 12.5. The maximum atomic E-state index is 12.5. The van der Waals surface area contributed by atoms with E-state index in [-0.39, 0.29) is 5.91 Å². The van der Waals surface area contributed by atoms with Crippen molar-refractivity contribution in [3.05, 3.63) is 23.8 Å². The number of carbonyl (C=O) groups excluding carboxylic acids is 2. The van der Waals surface area contributed by atoms with Crippen LogP contribution in [-0.4, -0.2) is 24.9 Å². The monoisotopic (exact) mass is 343 g/mol. The molecule has 3 rings (SSSR count). The Morgan fingerprint density at radius 1 is 1.08 bits per heavy atom. The third-order valence-electron chi connectivity index (χ3n) is 5.51. The molecule has 0 bridgehead atoms. The van der Waals surface area contributed by atoms with Crippen LogP contribution in [-0.2, 0) is 4.79 Å². The number of primary amides is 1. The number of hydrogen-bond donors (Lipinski definition) is 2. The van der Waals surface area contributed by atoms with Gasteiger partial charge < -0.3 is 16.0 Å². The van der Waals surface area contributed by atoms with Crippen LogP contribution >= 0.6 is 0 Å². The first-order valence-corrected chi connectivity index (χ1v) is 9.62. The summed E-state index contributed by atoms with van der Waals surface area (Å²) in [4.78, 5) is 26.2. The van der Waals surface area contributed by atoms with Crippen LogP contribution < -0.4 is 16.0 Å². The summed E-state index contributed by atoms with van der Waals surface area (Å²) in [5, 5.41) is 3.03. The molecule has 2 fully saturated rings. The summed E-state index contributed by atoms with van der Waals surface area (Å²) in [5.41, 5.74) is 7.55. The van der Waals surface area contributed by atoms with Gasteiger partial charge in [0, 0.05) is 25.1 Å². The molecule has 25 heavy (non-hydrogen) atoms. The summed E-state index contributed by atoms with van der Waals surface area (Å²) in [6.07, 6.45) is 10.3. The molecule has 0 spiro atoms. The lowest BCUT2D eigenvalue weighted by Crippen LogP contribution is -2.22. The molecule has 136 valence electrons. The molecule has 1 saturated carbocycles. The van der Waals surface area contributed by atoms with Crippen molar-refractivity contribution in [3.8, 4) is 0 Å². The molecule has 1 aromatic rings. The molecular weight excluding hydrogens is 314 g/mol. The highest BCUT2D eigenvalue weighted by Crippen LogP contribution is 2.31. The highest BCUT2D eigenvalue weighted by atomic mass is 16.2. The van der Waals surface area contributed by atoms with Gasteiger partial charge in [0.05, 0.1) is 11.4 Å². The molecule has 0 atom stereocenters. The lowest BCUT2D eigenvalue weighted by atomic mass is 9.86. The number of nitrogens with two attached hydrogens (primary N) is 1. The molecule has 0 unspecified atom stereocenters. The number of carbonyl (C=O) groups is 2. The molecule has 0 radical (unpaired) electrons. The first-order valence-electron chi connectivity index (χ1n) is 9.62. The zero-order chi connectivity index (χ0) is 17.6. The van der Waals surface area contributed by atoms with Crippen molar-refractivity contribution < 1.29 is 9.59 Å². The fourth-order valence-corrected chi connectivity index (χ4v) is 4.05. The Kier molecular flexibility index (Phi) is 5.95. The number of anilines is 2. The van der Waals surface area contributed by atoms with Gasteiger partial charge >= 0.3 is 0 Å². The van der Waals surface area contributed by atoms with Gasteiger partial charge in [0.1, 0.15) is 0 Å². The number of hydrogen-bond acceptors (Lipinski definition) is 3. The minimum absolute atomic E-state index is 0.0349. The van der Waals surface area contributed by atoms with Crippen molar-refractivity contribution in [2.24, 2.45) is 11.7 Å². The topological polar surface area (TPSA) is 75.4 Å². The Hall–Kier alpha value is -2.04. The van der Waals surface area contributed by atoms with Crippen LogP contribution in [0.5, 0.6) is 0 Å². The second-order valence-corrected chi connectivity index (χ2v) is 7.38. The standard InChI is InChI=1S/C20H29N3O2/c21-20(25)16-9-10-18(23-12-4-5-13-23)17(14-16)22-19(24)11-8-15-6-2-1-3-7-15/h9-10,14-15H,1-8,11-13H2,(H2,21,25)(H,22,24). The van der Waals surface area contributed by atoms with E-state index < -0.39 is 5.91 Å². The summed E-state index contributed by atoms with van der Waals surface area (Å²) in [6.45, 7) is 1.97. The van der Waals surface area contributed by atoms with Crippen molar-refractivity contribution in [2.45, 2.75) is 57.8 Å². The van der Waals surface area contributed by atoms with E-state index in [1.54, 1.807) is 12.1 Å². The van der Waals surface area contributed by atoms with Gasteiger partial charge in [-0.15, -0.1) is 0 Å². The summed E-state index contributed by atoms with van der Waals surface area (Å²) < 4.78 is 0. The number of rotatable bonds is 6. The Morgan fingerprint density at radius 2 is 1.80 bits per heavy atom. The third-order valence-corrected chi connectivity index (χ3v) is 5.51.